The Bertz CT molecular complexity index is 743. The number of aromatic nitrogens is 3. The fourth-order valence-corrected chi connectivity index (χ4v) is 2.37. The highest BCUT2D eigenvalue weighted by Gasteiger charge is 2.20. The fraction of sp³-hybridized carbons (Fsp3) is 0.250. The molecular weight excluding hydrogens is 248 g/mol. The van der Waals surface area contributed by atoms with Gasteiger partial charge in [-0.25, -0.2) is 9.67 Å². The molecule has 2 heterocycles. The van der Waals surface area contributed by atoms with E-state index in [1.807, 2.05) is 35.1 Å². The summed E-state index contributed by atoms with van der Waals surface area (Å²) in [5, 5.41) is 9.07. The lowest BCUT2D eigenvalue weighted by Crippen LogP contribution is -2.16. The number of fused-ring (bicyclic) bond motifs is 1. The van der Waals surface area contributed by atoms with Crippen LogP contribution in [0.1, 0.15) is 18.5 Å². The molecular formula is C16H16N4. The maximum absolute atomic E-state index is 4.70. The monoisotopic (exact) mass is 264 g/mol. The van der Waals surface area contributed by atoms with Gasteiger partial charge in [-0.3, -0.25) is 0 Å². The summed E-state index contributed by atoms with van der Waals surface area (Å²) in [6.45, 7) is 0.831. The Balaban J connectivity index is 1.68. The average Bonchev–Trinajstić information content (AvgIpc) is 3.23. The predicted octanol–water partition coefficient (Wildman–Crippen LogP) is 2.67. The first-order valence-electron chi connectivity index (χ1n) is 7.02. The Morgan fingerprint density at radius 3 is 2.90 bits per heavy atom. The zero-order chi connectivity index (χ0) is 13.4. The summed E-state index contributed by atoms with van der Waals surface area (Å²) >= 11 is 0. The molecule has 0 bridgehead atoms. The number of rotatable bonds is 4. The van der Waals surface area contributed by atoms with Crippen molar-refractivity contribution in [3.63, 3.8) is 0 Å². The molecule has 1 saturated carbocycles. The van der Waals surface area contributed by atoms with Gasteiger partial charge in [0.25, 0.3) is 0 Å². The number of hydrogen-bond acceptors (Lipinski definition) is 3. The SMILES string of the molecule is c1cc(CNC2CC2)nc(-n2ncc3ccccc32)c1. The number of nitrogens with zero attached hydrogens (tertiary/aromatic N) is 3. The minimum atomic E-state index is 0.700. The van der Waals surface area contributed by atoms with Gasteiger partial charge in [-0.05, 0) is 31.0 Å². The first kappa shape index (κ1) is 11.6. The van der Waals surface area contributed by atoms with Gasteiger partial charge in [-0.1, -0.05) is 24.3 Å². The van der Waals surface area contributed by atoms with Crippen LogP contribution in [0.25, 0.3) is 16.7 Å². The molecule has 0 unspecified atom stereocenters. The second-order valence-electron chi connectivity index (χ2n) is 5.26. The molecule has 1 aliphatic carbocycles. The molecule has 4 rings (SSSR count). The molecule has 0 radical (unpaired) electrons. The number of nitrogens with one attached hydrogen (secondary N) is 1. The summed E-state index contributed by atoms with van der Waals surface area (Å²) in [5.74, 6) is 0.876. The molecule has 1 fully saturated rings. The van der Waals surface area contributed by atoms with Gasteiger partial charge in [-0.15, -0.1) is 0 Å². The molecule has 1 N–H and O–H groups in total. The summed E-state index contributed by atoms with van der Waals surface area (Å²) in [7, 11) is 0. The normalized spacial score (nSPS) is 14.8. The molecule has 4 nitrogen and oxygen atoms in total. The molecule has 3 aromatic rings. The maximum atomic E-state index is 4.70. The van der Waals surface area contributed by atoms with E-state index in [9.17, 15) is 0 Å². The van der Waals surface area contributed by atoms with Crippen molar-refractivity contribution in [2.45, 2.75) is 25.4 Å². The second-order valence-corrected chi connectivity index (χ2v) is 5.26. The first-order chi connectivity index (χ1) is 9.90. The van der Waals surface area contributed by atoms with E-state index >= 15 is 0 Å². The van der Waals surface area contributed by atoms with Crippen LogP contribution in [-0.2, 0) is 6.54 Å². The number of pyridine rings is 1. The smallest absolute Gasteiger partial charge is 0.154 e. The summed E-state index contributed by atoms with van der Waals surface area (Å²) in [4.78, 5) is 4.70. The van der Waals surface area contributed by atoms with E-state index in [0.29, 0.717) is 6.04 Å². The van der Waals surface area contributed by atoms with Crippen LogP contribution in [0, 0.1) is 0 Å². The van der Waals surface area contributed by atoms with Gasteiger partial charge < -0.3 is 5.32 Å². The van der Waals surface area contributed by atoms with Gasteiger partial charge in [0.2, 0.25) is 0 Å². The van der Waals surface area contributed by atoms with Crippen molar-refractivity contribution < 1.29 is 0 Å². The third-order valence-electron chi connectivity index (χ3n) is 3.64. The van der Waals surface area contributed by atoms with Crippen LogP contribution in [0.4, 0.5) is 0 Å². The molecule has 1 aliphatic rings. The third kappa shape index (κ3) is 2.18. The average molecular weight is 264 g/mol. The molecule has 100 valence electrons. The Hall–Kier alpha value is -2.20. The Kier molecular flexibility index (Phi) is 2.74. The lowest BCUT2D eigenvalue weighted by molar-refractivity contribution is 0.671. The van der Waals surface area contributed by atoms with Gasteiger partial charge >= 0.3 is 0 Å². The fourth-order valence-electron chi connectivity index (χ4n) is 2.37. The minimum Gasteiger partial charge on any atom is -0.308 e. The Labute approximate surface area is 117 Å². The molecule has 0 saturated heterocycles. The van der Waals surface area contributed by atoms with E-state index < -0.39 is 0 Å². The molecule has 20 heavy (non-hydrogen) atoms. The van der Waals surface area contributed by atoms with Crippen molar-refractivity contribution in [3.8, 4) is 5.82 Å². The Morgan fingerprint density at radius 1 is 1.10 bits per heavy atom. The standard InChI is InChI=1S/C16H16N4/c1-2-6-15-12(4-1)10-18-20(15)16-7-3-5-14(19-16)11-17-13-8-9-13/h1-7,10,13,17H,8-9,11H2. The van der Waals surface area contributed by atoms with Crippen LogP contribution in [0.5, 0.6) is 0 Å². The summed E-state index contributed by atoms with van der Waals surface area (Å²) < 4.78 is 1.90. The second kappa shape index (κ2) is 4.72. The van der Waals surface area contributed by atoms with Gasteiger partial charge in [0, 0.05) is 18.0 Å². The van der Waals surface area contributed by atoms with Gasteiger partial charge in [0.05, 0.1) is 17.4 Å². The van der Waals surface area contributed by atoms with Crippen molar-refractivity contribution in [2.75, 3.05) is 0 Å². The number of benzene rings is 1. The van der Waals surface area contributed by atoms with E-state index in [2.05, 4.69) is 28.6 Å². The van der Waals surface area contributed by atoms with Crippen LogP contribution in [0.3, 0.4) is 0 Å². The van der Waals surface area contributed by atoms with E-state index in [1.54, 1.807) is 0 Å². The zero-order valence-corrected chi connectivity index (χ0v) is 11.2. The van der Waals surface area contributed by atoms with Crippen molar-refractivity contribution in [1.29, 1.82) is 0 Å². The molecule has 0 spiro atoms. The van der Waals surface area contributed by atoms with Crippen molar-refractivity contribution >= 4 is 10.9 Å². The van der Waals surface area contributed by atoms with Crippen molar-refractivity contribution in [3.05, 3.63) is 54.4 Å². The molecule has 0 amide bonds. The number of para-hydroxylation sites is 1. The largest absolute Gasteiger partial charge is 0.308 e. The third-order valence-corrected chi connectivity index (χ3v) is 3.64. The van der Waals surface area contributed by atoms with Crippen LogP contribution >= 0.6 is 0 Å². The van der Waals surface area contributed by atoms with Gasteiger partial charge in [0.1, 0.15) is 0 Å². The van der Waals surface area contributed by atoms with Gasteiger partial charge in [-0.2, -0.15) is 5.10 Å². The maximum Gasteiger partial charge on any atom is 0.154 e. The van der Waals surface area contributed by atoms with E-state index in [4.69, 9.17) is 4.98 Å². The lowest BCUT2D eigenvalue weighted by atomic mass is 10.2. The van der Waals surface area contributed by atoms with Crippen molar-refractivity contribution in [2.24, 2.45) is 0 Å². The molecule has 2 aromatic heterocycles. The highest BCUT2D eigenvalue weighted by molar-refractivity contribution is 5.79. The first-order valence-corrected chi connectivity index (χ1v) is 7.02. The highest BCUT2D eigenvalue weighted by atomic mass is 15.3. The summed E-state index contributed by atoms with van der Waals surface area (Å²) in [6, 6.07) is 15.0. The van der Waals surface area contributed by atoms with E-state index in [-0.39, 0.29) is 0 Å². The van der Waals surface area contributed by atoms with Crippen LogP contribution in [0.15, 0.2) is 48.7 Å². The summed E-state index contributed by atoms with van der Waals surface area (Å²) in [5.41, 5.74) is 2.15. The molecule has 1 aromatic carbocycles. The van der Waals surface area contributed by atoms with Crippen molar-refractivity contribution in [1.82, 2.24) is 20.1 Å². The van der Waals surface area contributed by atoms with Crippen LogP contribution in [-0.4, -0.2) is 20.8 Å². The topological polar surface area (TPSA) is 42.7 Å². The minimum absolute atomic E-state index is 0.700. The Morgan fingerprint density at radius 2 is 2.00 bits per heavy atom. The van der Waals surface area contributed by atoms with Crippen LogP contribution < -0.4 is 5.32 Å². The van der Waals surface area contributed by atoms with E-state index in [1.165, 1.54) is 12.8 Å². The predicted molar refractivity (Wildman–Crippen MR) is 78.7 cm³/mol. The van der Waals surface area contributed by atoms with Gasteiger partial charge in [0.15, 0.2) is 5.82 Å². The van der Waals surface area contributed by atoms with E-state index in [0.717, 1.165) is 29.0 Å². The lowest BCUT2D eigenvalue weighted by Gasteiger charge is -2.06. The highest BCUT2D eigenvalue weighted by Crippen LogP contribution is 2.20. The molecule has 4 heteroatoms. The zero-order valence-electron chi connectivity index (χ0n) is 11.2. The molecule has 0 aliphatic heterocycles. The van der Waals surface area contributed by atoms with Crippen LogP contribution in [0.2, 0.25) is 0 Å². The quantitative estimate of drug-likeness (QED) is 0.788. The number of hydrogen-bond donors (Lipinski definition) is 1. The molecule has 0 atom stereocenters. The summed E-state index contributed by atoms with van der Waals surface area (Å²) in [6.07, 6.45) is 4.47.